The molecule has 20 nitrogen and oxygen atoms in total. The molecule has 0 aromatic heterocycles. The highest BCUT2D eigenvalue weighted by Gasteiger charge is 2.50. The third-order valence-corrected chi connectivity index (χ3v) is 25.7. The summed E-state index contributed by atoms with van der Waals surface area (Å²) < 4.78 is 227. The Bertz CT molecular complexity index is 4880. The van der Waals surface area contributed by atoms with Crippen LogP contribution in [0.1, 0.15) is 119 Å². The topological polar surface area (TPSA) is 323 Å². The minimum Gasteiger partial charge on any atom is -0.488 e. The zero-order valence-electron chi connectivity index (χ0n) is 53.6. The van der Waals surface area contributed by atoms with Gasteiger partial charge in [0.2, 0.25) is 19.7 Å². The Morgan fingerprint density at radius 3 is 1.03 bits per heavy atom. The average Bonchev–Trinajstić information content (AvgIpc) is 0.737. The fourth-order valence-electron chi connectivity index (χ4n) is 11.2. The van der Waals surface area contributed by atoms with Crippen molar-refractivity contribution in [1.29, 1.82) is 0 Å². The van der Waals surface area contributed by atoms with Crippen LogP contribution in [0.4, 0.5) is 0 Å². The zero-order valence-corrected chi connectivity index (χ0v) is 59.3. The van der Waals surface area contributed by atoms with Gasteiger partial charge in [-0.25, -0.2) is 16.8 Å². The SMILES string of the molecule is CCC(C)(C)Oc1ccc(Sc2ccc(Oc3ccc(S(=O)(=O)c4ccc(C(CC)(CC)C(C)(CC)Oc5ccc(-c6ccc(Oc7ccc(S(=O)(=O)c8ccc(C(C)(CC)CC)c(S(=O)(=O)O)c8)cc7S(=O)(=O)O)cc6)cc5)c(S(=O)(=O)O)c4)cc3S(=O)(=O)O)cc2)cc1. The van der Waals surface area contributed by atoms with Crippen molar-refractivity contribution >= 4 is 71.9 Å². The maximum Gasteiger partial charge on any atom is 0.298 e. The van der Waals surface area contributed by atoms with Gasteiger partial charge in [-0.3, -0.25) is 18.2 Å². The van der Waals surface area contributed by atoms with E-state index < -0.39 is 127 Å². The summed E-state index contributed by atoms with van der Waals surface area (Å²) in [5.74, 6) is 0.434. The minimum absolute atomic E-state index is 0.0345. The van der Waals surface area contributed by atoms with E-state index in [4.69, 9.17) is 18.9 Å². The van der Waals surface area contributed by atoms with Gasteiger partial charge in [0, 0.05) is 15.2 Å². The van der Waals surface area contributed by atoms with Crippen molar-refractivity contribution in [2.24, 2.45) is 0 Å². The monoisotopic (exact) mass is 1430 g/mol. The average molecular weight is 1440 g/mol. The first-order valence-electron chi connectivity index (χ1n) is 30.0. The Morgan fingerprint density at radius 1 is 0.347 bits per heavy atom. The predicted octanol–water partition coefficient (Wildman–Crippen LogP) is 15.7. The normalized spacial score (nSPS) is 13.6. The summed E-state index contributed by atoms with van der Waals surface area (Å²) in [5, 5.41) is 0. The van der Waals surface area contributed by atoms with E-state index in [9.17, 15) is 68.7 Å². The lowest BCUT2D eigenvalue weighted by molar-refractivity contribution is -0.00966. The van der Waals surface area contributed by atoms with Crippen LogP contribution < -0.4 is 18.9 Å². The second-order valence-corrected chi connectivity index (χ2v) is 34.3. The van der Waals surface area contributed by atoms with Crippen molar-refractivity contribution < 1.29 is 87.7 Å². The molecule has 0 radical (unpaired) electrons. The molecule has 8 aromatic rings. The minimum atomic E-state index is -5.21. The largest absolute Gasteiger partial charge is 0.488 e. The van der Waals surface area contributed by atoms with Crippen LogP contribution in [0.3, 0.4) is 0 Å². The fourth-order valence-corrected chi connectivity index (χ4v) is 17.9. The standard InChI is InChI=1S/C68H74O20S7/c1-11-65(7,8)87-49-27-31-52(32-28-49)89-51-29-25-48(26-30-51)86-60-40-36-56(44-64(60)95(82,83)84)91(71,72)54-34-38-58(62(42-54)93(76,77)78)68(15-5,16-6)67(10,14-4)88-50-23-19-46(20-24-50)45-17-21-47(22-18-45)85-59-39-35-55(43-63(59)94(79,80)81)90(69,70)53-33-37-57(66(9,12-2)13-3)61(41-53)92(73,74)75/h17-44H,11-16H2,1-10H3,(H,73,74,75)(H,76,77,78)(H,79,80,81)(H,82,83,84). The van der Waals surface area contributed by atoms with Crippen molar-refractivity contribution in [3.8, 4) is 45.6 Å². The molecule has 8 rings (SSSR count). The van der Waals surface area contributed by atoms with Crippen LogP contribution in [0.5, 0.6) is 34.5 Å². The Morgan fingerprint density at radius 2 is 0.674 bits per heavy atom. The lowest BCUT2D eigenvalue weighted by Crippen LogP contribution is -2.53. The Hall–Kier alpha value is -7.15. The summed E-state index contributed by atoms with van der Waals surface area (Å²) in [7, 11) is -29.9. The van der Waals surface area contributed by atoms with Crippen LogP contribution in [-0.2, 0) is 71.0 Å². The summed E-state index contributed by atoms with van der Waals surface area (Å²) in [6.07, 6.45) is 2.40. The molecular formula is C68H74O20S7. The molecule has 0 bridgehead atoms. The van der Waals surface area contributed by atoms with Gasteiger partial charge in [0.05, 0.1) is 29.4 Å². The molecule has 0 heterocycles. The van der Waals surface area contributed by atoms with Gasteiger partial charge in [-0.1, -0.05) is 96.6 Å². The van der Waals surface area contributed by atoms with E-state index in [1.807, 2.05) is 65.8 Å². The van der Waals surface area contributed by atoms with Crippen LogP contribution in [0.25, 0.3) is 11.1 Å². The molecule has 95 heavy (non-hydrogen) atoms. The highest BCUT2D eigenvalue weighted by molar-refractivity contribution is 7.99. The first-order chi connectivity index (χ1) is 44.2. The summed E-state index contributed by atoms with van der Waals surface area (Å²) in [6.45, 7) is 18.6. The Kier molecular flexibility index (Phi) is 21.5. The summed E-state index contributed by atoms with van der Waals surface area (Å²) >= 11 is 1.45. The summed E-state index contributed by atoms with van der Waals surface area (Å²) in [4.78, 5) is -3.93. The second-order valence-electron chi connectivity index (χ2n) is 23.7. The van der Waals surface area contributed by atoms with Gasteiger partial charge in [0.25, 0.3) is 40.5 Å². The van der Waals surface area contributed by atoms with E-state index in [-0.39, 0.29) is 47.5 Å². The molecule has 0 aliphatic carbocycles. The van der Waals surface area contributed by atoms with Gasteiger partial charge in [0.15, 0.2) is 0 Å². The molecule has 0 saturated carbocycles. The molecular weight excluding hydrogens is 1360 g/mol. The molecule has 508 valence electrons. The predicted molar refractivity (Wildman–Crippen MR) is 359 cm³/mol. The summed E-state index contributed by atoms with van der Waals surface area (Å²) in [5.41, 5.74) is -2.07. The first-order valence-corrected chi connectivity index (χ1v) is 39.5. The van der Waals surface area contributed by atoms with Crippen LogP contribution in [0, 0.1) is 0 Å². The molecule has 0 aliphatic rings. The maximum absolute atomic E-state index is 14.4. The van der Waals surface area contributed by atoms with Gasteiger partial charge >= 0.3 is 0 Å². The van der Waals surface area contributed by atoms with E-state index >= 15 is 0 Å². The third-order valence-electron chi connectivity index (χ3n) is 17.7. The van der Waals surface area contributed by atoms with E-state index in [0.29, 0.717) is 41.9 Å². The van der Waals surface area contributed by atoms with E-state index in [1.54, 1.807) is 88.4 Å². The highest BCUT2D eigenvalue weighted by Crippen LogP contribution is 2.50. The molecule has 0 saturated heterocycles. The number of rotatable bonds is 28. The van der Waals surface area contributed by atoms with E-state index in [1.165, 1.54) is 36.0 Å². The molecule has 0 aliphatic heterocycles. The van der Waals surface area contributed by atoms with Gasteiger partial charge in [-0.2, -0.15) is 33.7 Å². The van der Waals surface area contributed by atoms with Crippen LogP contribution in [0.2, 0.25) is 0 Å². The molecule has 0 spiro atoms. The second kappa shape index (κ2) is 27.8. The zero-order chi connectivity index (χ0) is 70.1. The summed E-state index contributed by atoms with van der Waals surface area (Å²) in [6, 6.07) is 39.2. The molecule has 8 aromatic carbocycles. The molecule has 0 amide bonds. The van der Waals surface area contributed by atoms with Crippen molar-refractivity contribution in [3.63, 3.8) is 0 Å². The third kappa shape index (κ3) is 16.0. The molecule has 1 atom stereocenters. The number of hydrogen-bond acceptors (Lipinski definition) is 17. The van der Waals surface area contributed by atoms with Gasteiger partial charge in [-0.15, -0.1) is 0 Å². The molecule has 0 fully saturated rings. The number of benzene rings is 8. The fraction of sp³-hybridized carbons (Fsp3) is 0.294. The smallest absolute Gasteiger partial charge is 0.298 e. The van der Waals surface area contributed by atoms with Gasteiger partial charge in [-0.05, 0) is 220 Å². The number of hydrogen-bond donors (Lipinski definition) is 4. The van der Waals surface area contributed by atoms with Crippen LogP contribution >= 0.6 is 11.8 Å². The maximum atomic E-state index is 14.4. The Labute approximate surface area is 560 Å². The van der Waals surface area contributed by atoms with E-state index in [0.717, 1.165) is 70.5 Å². The lowest BCUT2D eigenvalue weighted by Gasteiger charge is -2.48. The highest BCUT2D eigenvalue weighted by atomic mass is 32.2. The molecule has 4 N–H and O–H groups in total. The lowest BCUT2D eigenvalue weighted by atomic mass is 9.63. The first kappa shape index (κ1) is 73.7. The Balaban J connectivity index is 1.00. The van der Waals surface area contributed by atoms with Crippen molar-refractivity contribution in [2.45, 2.75) is 179 Å². The van der Waals surface area contributed by atoms with E-state index in [2.05, 4.69) is 0 Å². The van der Waals surface area contributed by atoms with Gasteiger partial charge in [0.1, 0.15) is 55.5 Å². The number of sulfone groups is 2. The van der Waals surface area contributed by atoms with Gasteiger partial charge < -0.3 is 18.9 Å². The number of ether oxygens (including phenoxy) is 4. The van der Waals surface area contributed by atoms with Crippen LogP contribution in [-0.4, -0.2) is 79.9 Å². The molecule has 27 heteroatoms. The molecule has 1 unspecified atom stereocenters. The quantitative estimate of drug-likeness (QED) is 0.0331. The van der Waals surface area contributed by atoms with Crippen molar-refractivity contribution in [1.82, 2.24) is 0 Å². The van der Waals surface area contributed by atoms with Crippen molar-refractivity contribution in [3.05, 3.63) is 181 Å². The van der Waals surface area contributed by atoms with Crippen molar-refractivity contribution in [2.75, 3.05) is 0 Å². The van der Waals surface area contributed by atoms with Crippen LogP contribution in [0.15, 0.2) is 219 Å².